The molecule has 0 radical (unpaired) electrons. The Morgan fingerprint density at radius 1 is 1.04 bits per heavy atom. The van der Waals surface area contributed by atoms with Crippen LogP contribution < -0.4 is 14.5 Å². The Balaban J connectivity index is 1.20. The molecule has 4 saturated heterocycles. The van der Waals surface area contributed by atoms with Crippen LogP contribution in [0.3, 0.4) is 0 Å². The van der Waals surface area contributed by atoms with Crippen LogP contribution in [0.15, 0.2) is 37.1 Å². The van der Waals surface area contributed by atoms with E-state index in [1.54, 1.807) is 6.20 Å². The van der Waals surface area contributed by atoms with Crippen LogP contribution >= 0.6 is 0 Å². The maximum absolute atomic E-state index is 14.1. The fourth-order valence-electron chi connectivity index (χ4n) is 9.16. The molecule has 4 aromatic rings. The molecule has 0 unspecified atom stereocenters. The number of hydrogen-bond acceptors (Lipinski definition) is 8. The predicted octanol–water partition coefficient (Wildman–Crippen LogP) is 6.45. The molecular weight excluding hydrogens is 669 g/mol. The first-order valence-corrected chi connectivity index (χ1v) is 18.7. The van der Waals surface area contributed by atoms with E-state index < -0.39 is 12.8 Å². The molecule has 1 N–H and O–H groups in total. The summed E-state index contributed by atoms with van der Waals surface area (Å²) < 4.78 is 48.3. The van der Waals surface area contributed by atoms with E-state index >= 15 is 0 Å². The predicted molar refractivity (Wildman–Crippen MR) is 195 cm³/mol. The number of carbonyl (C=O) groups excluding carboxylic acids is 1. The Morgan fingerprint density at radius 3 is 2.50 bits per heavy atom. The smallest absolute Gasteiger partial charge is 0.422 e. The van der Waals surface area contributed by atoms with Gasteiger partial charge in [0.1, 0.15) is 11.3 Å². The van der Waals surface area contributed by atoms with Crippen molar-refractivity contribution in [2.75, 3.05) is 68.8 Å². The van der Waals surface area contributed by atoms with E-state index in [1.165, 1.54) is 6.08 Å². The van der Waals surface area contributed by atoms with Crippen molar-refractivity contribution < 1.29 is 22.7 Å². The van der Waals surface area contributed by atoms with Gasteiger partial charge in [-0.2, -0.15) is 23.3 Å². The molecule has 10 nitrogen and oxygen atoms in total. The maximum atomic E-state index is 14.1. The van der Waals surface area contributed by atoms with E-state index in [1.807, 2.05) is 24.0 Å². The molecule has 1 spiro atoms. The number of halogens is 3. The van der Waals surface area contributed by atoms with E-state index in [0.717, 1.165) is 123 Å². The Kier molecular flexibility index (Phi) is 7.94. The molecule has 5 aliphatic rings. The second kappa shape index (κ2) is 12.3. The van der Waals surface area contributed by atoms with Crippen molar-refractivity contribution in [2.24, 2.45) is 11.3 Å². The van der Waals surface area contributed by atoms with Gasteiger partial charge in [-0.3, -0.25) is 14.8 Å². The van der Waals surface area contributed by atoms with Gasteiger partial charge in [-0.1, -0.05) is 19.6 Å². The van der Waals surface area contributed by atoms with Crippen molar-refractivity contribution in [3.8, 4) is 16.9 Å². The van der Waals surface area contributed by atoms with Gasteiger partial charge in [0.05, 0.1) is 11.7 Å². The fourth-order valence-corrected chi connectivity index (χ4v) is 9.16. The highest BCUT2D eigenvalue weighted by Crippen LogP contribution is 2.53. The van der Waals surface area contributed by atoms with E-state index in [4.69, 9.17) is 14.7 Å². The molecule has 52 heavy (non-hydrogen) atoms. The average Bonchev–Trinajstić information content (AvgIpc) is 3.63. The van der Waals surface area contributed by atoms with E-state index in [-0.39, 0.29) is 23.0 Å². The van der Waals surface area contributed by atoms with Crippen LogP contribution in [-0.4, -0.2) is 107 Å². The second-order valence-corrected chi connectivity index (χ2v) is 16.0. The summed E-state index contributed by atoms with van der Waals surface area (Å²) in [6, 6.07) is 6.47. The van der Waals surface area contributed by atoms with Crippen molar-refractivity contribution in [1.82, 2.24) is 30.0 Å². The highest BCUT2D eigenvalue weighted by Gasteiger charge is 2.47. The number of hydrogen-bond donors (Lipinski definition) is 1. The third kappa shape index (κ3) is 5.85. The number of nitrogens with one attached hydrogen (secondary N) is 1. The Labute approximate surface area is 301 Å². The van der Waals surface area contributed by atoms with Crippen LogP contribution in [0, 0.1) is 18.3 Å². The summed E-state index contributed by atoms with van der Waals surface area (Å²) >= 11 is 0. The zero-order chi connectivity index (χ0) is 35.9. The van der Waals surface area contributed by atoms with E-state index in [2.05, 4.69) is 44.5 Å². The number of H-pyrrole nitrogens is 1. The number of carbonyl (C=O) groups is 1. The van der Waals surface area contributed by atoms with Crippen LogP contribution in [-0.2, 0) is 4.79 Å². The molecule has 0 bridgehead atoms. The van der Waals surface area contributed by atoms with E-state index in [0.29, 0.717) is 29.0 Å². The van der Waals surface area contributed by atoms with Crippen LogP contribution in [0.1, 0.15) is 56.1 Å². The SMILES string of the molecule is C=CC(=O)N1CC2(CCN(c3nc(N4CC[C@H](N5CC(C)C5)C4)nc4c(OCC(F)(F)F)c(-c5c(C)ccc6[nH]ncc56)c(C5CC5)cc34)CC2)C1. The number of aromatic nitrogens is 4. The number of anilines is 2. The van der Waals surface area contributed by atoms with Gasteiger partial charge in [0.2, 0.25) is 11.9 Å². The summed E-state index contributed by atoms with van der Waals surface area (Å²) in [5, 5.41) is 8.91. The number of rotatable bonds is 8. The topological polar surface area (TPSA) is 93.7 Å². The molecule has 1 atom stereocenters. The summed E-state index contributed by atoms with van der Waals surface area (Å²) in [4.78, 5) is 31.6. The van der Waals surface area contributed by atoms with Gasteiger partial charge < -0.3 is 19.4 Å². The van der Waals surface area contributed by atoms with Crippen LogP contribution in [0.4, 0.5) is 24.9 Å². The van der Waals surface area contributed by atoms with Crippen LogP contribution in [0.25, 0.3) is 32.9 Å². The Bertz CT molecular complexity index is 2050. The first-order chi connectivity index (χ1) is 25.0. The number of piperidine rings is 1. The number of amides is 1. The van der Waals surface area contributed by atoms with Gasteiger partial charge >= 0.3 is 6.18 Å². The summed E-state index contributed by atoms with van der Waals surface area (Å²) in [6.07, 6.45) is 3.24. The van der Waals surface area contributed by atoms with Gasteiger partial charge in [-0.15, -0.1) is 0 Å². The molecule has 2 aromatic carbocycles. The van der Waals surface area contributed by atoms with Gasteiger partial charge in [-0.25, -0.2) is 4.98 Å². The zero-order valence-corrected chi connectivity index (χ0v) is 29.8. The molecule has 1 amide bonds. The van der Waals surface area contributed by atoms with Crippen molar-refractivity contribution in [1.29, 1.82) is 0 Å². The number of aromatic amines is 1. The average molecular weight is 715 g/mol. The van der Waals surface area contributed by atoms with Gasteiger partial charge in [0.15, 0.2) is 12.4 Å². The van der Waals surface area contributed by atoms with Crippen LogP contribution in [0.5, 0.6) is 5.75 Å². The molecule has 2 aromatic heterocycles. The highest BCUT2D eigenvalue weighted by atomic mass is 19.4. The number of fused-ring (bicyclic) bond motifs is 2. The summed E-state index contributed by atoms with van der Waals surface area (Å²) in [5.41, 5.74) is 4.68. The summed E-state index contributed by atoms with van der Waals surface area (Å²) in [7, 11) is 0. The number of aryl methyl sites for hydroxylation is 1. The van der Waals surface area contributed by atoms with Crippen LogP contribution in [0.2, 0.25) is 0 Å². The number of likely N-dealkylation sites (tertiary alicyclic amines) is 2. The zero-order valence-electron chi connectivity index (χ0n) is 29.8. The molecule has 274 valence electrons. The quantitative estimate of drug-likeness (QED) is 0.209. The largest absolute Gasteiger partial charge is 0.481 e. The number of alkyl halides is 3. The lowest BCUT2D eigenvalue weighted by Crippen LogP contribution is -2.61. The van der Waals surface area contributed by atoms with Gasteiger partial charge in [0, 0.05) is 80.2 Å². The van der Waals surface area contributed by atoms with Crippen molar-refractivity contribution >= 4 is 39.5 Å². The molecule has 13 heteroatoms. The lowest BCUT2D eigenvalue weighted by molar-refractivity contribution is -0.153. The monoisotopic (exact) mass is 714 g/mol. The molecule has 5 fully saturated rings. The molecule has 6 heterocycles. The van der Waals surface area contributed by atoms with E-state index in [9.17, 15) is 18.0 Å². The number of benzene rings is 2. The number of ether oxygens (including phenoxy) is 1. The third-order valence-corrected chi connectivity index (χ3v) is 12.1. The fraction of sp³-hybridized carbons (Fsp3) is 0.538. The summed E-state index contributed by atoms with van der Waals surface area (Å²) in [6.45, 7) is 13.1. The molecule has 4 aliphatic heterocycles. The molecular formula is C39H45F3N8O2. The van der Waals surface area contributed by atoms with Crippen molar-refractivity contribution in [3.63, 3.8) is 0 Å². The normalized spacial score (nSPS) is 22.3. The summed E-state index contributed by atoms with van der Waals surface area (Å²) in [5.74, 6) is 2.29. The molecule has 9 rings (SSSR count). The maximum Gasteiger partial charge on any atom is 0.422 e. The first-order valence-electron chi connectivity index (χ1n) is 18.7. The minimum absolute atomic E-state index is 0.0350. The Hall–Kier alpha value is -4.39. The van der Waals surface area contributed by atoms with Crippen molar-refractivity contribution in [2.45, 2.75) is 64.1 Å². The Morgan fingerprint density at radius 2 is 1.81 bits per heavy atom. The lowest BCUT2D eigenvalue weighted by atomic mass is 9.72. The highest BCUT2D eigenvalue weighted by molar-refractivity contribution is 6.06. The minimum atomic E-state index is -4.55. The van der Waals surface area contributed by atoms with Crippen molar-refractivity contribution in [3.05, 3.63) is 48.2 Å². The second-order valence-electron chi connectivity index (χ2n) is 16.0. The van der Waals surface area contributed by atoms with Gasteiger partial charge in [-0.05, 0) is 85.8 Å². The number of nitrogens with zero attached hydrogens (tertiary/aromatic N) is 7. The standard InChI is InChI=1S/C39H45F3N8O2/c1-4-31(51)50-20-38(21-50)10-13-47(14-11-38)36-28-15-27(25-6-7-25)33(32-24(3)5-8-30-29(32)16-43-46-30)35(52-22-39(40,41)42)34(28)44-37(45-36)48-12-9-26(19-48)49-17-23(2)18-49/h4-5,8,15-16,23,25-26H,1,6-7,9-14,17-22H2,2-3H3,(H,43,46)/t26-/m0/s1. The molecule has 1 saturated carbocycles. The van der Waals surface area contributed by atoms with Gasteiger partial charge in [0.25, 0.3) is 0 Å². The minimum Gasteiger partial charge on any atom is -0.481 e. The third-order valence-electron chi connectivity index (χ3n) is 12.1. The first kappa shape index (κ1) is 33.4. The molecule has 1 aliphatic carbocycles. The lowest BCUT2D eigenvalue weighted by Gasteiger charge is -2.54.